The predicted octanol–water partition coefficient (Wildman–Crippen LogP) is 4.57. The molecule has 0 radical (unpaired) electrons. The number of aromatic nitrogens is 4. The van der Waals surface area contributed by atoms with Gasteiger partial charge < -0.3 is 15.4 Å². The van der Waals surface area contributed by atoms with Crippen molar-refractivity contribution < 1.29 is 9.53 Å². The number of hydrogen-bond donors (Lipinski definition) is 2. The highest BCUT2D eigenvalue weighted by Crippen LogP contribution is 2.29. The van der Waals surface area contributed by atoms with E-state index in [9.17, 15) is 4.79 Å². The Morgan fingerprint density at radius 2 is 2.00 bits per heavy atom. The molecule has 1 fully saturated rings. The lowest BCUT2D eigenvalue weighted by molar-refractivity contribution is 0.0903. The summed E-state index contributed by atoms with van der Waals surface area (Å²) >= 11 is 1.65. The van der Waals surface area contributed by atoms with Crippen LogP contribution in [0.15, 0.2) is 48.1 Å². The molecule has 0 spiro atoms. The van der Waals surface area contributed by atoms with Crippen LogP contribution in [0.3, 0.4) is 0 Å². The summed E-state index contributed by atoms with van der Waals surface area (Å²) in [5, 5.41) is 13.2. The third-order valence-electron chi connectivity index (χ3n) is 7.07. The second-order valence-corrected chi connectivity index (χ2v) is 10.5. The fourth-order valence-corrected chi connectivity index (χ4v) is 5.55. The fraction of sp³-hybridized carbons (Fsp3) is 0.429. The first-order chi connectivity index (χ1) is 18.6. The smallest absolute Gasteiger partial charge is 0.251 e. The zero-order valence-electron chi connectivity index (χ0n) is 22.2. The fourth-order valence-electron chi connectivity index (χ4n) is 4.85. The molecule has 4 aromatic rings. The van der Waals surface area contributed by atoms with Crippen molar-refractivity contribution in [1.82, 2.24) is 29.8 Å². The lowest BCUT2D eigenvalue weighted by Gasteiger charge is -2.26. The Kier molecular flexibility index (Phi) is 8.31. The van der Waals surface area contributed by atoms with Crippen molar-refractivity contribution in [1.29, 1.82) is 0 Å². The van der Waals surface area contributed by atoms with Gasteiger partial charge in [0.1, 0.15) is 5.82 Å². The molecule has 1 amide bonds. The zero-order valence-corrected chi connectivity index (χ0v) is 23.0. The SMILES string of the molecule is CCN(CC)C(C)CNC(=O)c1cc(NC2CCOCC2)nc(-c2cnn3ccc(-c4cccs4)nc23)c1. The maximum Gasteiger partial charge on any atom is 0.251 e. The molecule has 1 saturated heterocycles. The first-order valence-corrected chi connectivity index (χ1v) is 14.2. The first kappa shape index (κ1) is 26.3. The molecular weight excluding hydrogens is 498 g/mol. The molecule has 1 atom stereocenters. The van der Waals surface area contributed by atoms with E-state index in [1.165, 1.54) is 0 Å². The van der Waals surface area contributed by atoms with Gasteiger partial charge in [0, 0.05) is 43.6 Å². The number of amides is 1. The van der Waals surface area contributed by atoms with Gasteiger partial charge in [0.15, 0.2) is 5.65 Å². The topological polar surface area (TPSA) is 96.7 Å². The van der Waals surface area contributed by atoms with Crippen molar-refractivity contribution in [2.45, 2.75) is 45.7 Å². The summed E-state index contributed by atoms with van der Waals surface area (Å²) < 4.78 is 7.27. The van der Waals surface area contributed by atoms with Crippen LogP contribution in [0, 0.1) is 0 Å². The van der Waals surface area contributed by atoms with Gasteiger partial charge in [-0.3, -0.25) is 9.69 Å². The number of rotatable bonds is 10. The van der Waals surface area contributed by atoms with E-state index in [0.717, 1.165) is 55.3 Å². The van der Waals surface area contributed by atoms with Crippen LogP contribution in [0.5, 0.6) is 0 Å². The van der Waals surface area contributed by atoms with Gasteiger partial charge in [-0.25, -0.2) is 14.5 Å². The summed E-state index contributed by atoms with van der Waals surface area (Å²) in [5.74, 6) is 0.552. The van der Waals surface area contributed by atoms with Crippen LogP contribution in [0.25, 0.3) is 27.5 Å². The average Bonchev–Trinajstić information content (AvgIpc) is 3.63. The van der Waals surface area contributed by atoms with Crippen molar-refractivity contribution in [3.8, 4) is 21.8 Å². The molecule has 0 aliphatic carbocycles. The van der Waals surface area contributed by atoms with E-state index in [0.29, 0.717) is 29.3 Å². The maximum absolute atomic E-state index is 13.3. The highest BCUT2D eigenvalue weighted by atomic mass is 32.1. The minimum absolute atomic E-state index is 0.119. The molecule has 1 aliphatic heterocycles. The Labute approximate surface area is 227 Å². The molecule has 1 unspecified atom stereocenters. The van der Waals surface area contributed by atoms with Crippen molar-refractivity contribution in [3.05, 3.63) is 53.7 Å². The summed E-state index contributed by atoms with van der Waals surface area (Å²) in [4.78, 5) is 26.6. The van der Waals surface area contributed by atoms with Crippen LogP contribution in [0.4, 0.5) is 5.82 Å². The van der Waals surface area contributed by atoms with E-state index >= 15 is 0 Å². The number of thiophene rings is 1. The van der Waals surface area contributed by atoms with E-state index in [1.54, 1.807) is 22.0 Å². The Morgan fingerprint density at radius 1 is 1.18 bits per heavy atom. The van der Waals surface area contributed by atoms with Crippen molar-refractivity contribution in [3.63, 3.8) is 0 Å². The first-order valence-electron chi connectivity index (χ1n) is 13.3. The third-order valence-corrected chi connectivity index (χ3v) is 7.97. The molecular formula is C28H35N7O2S. The summed E-state index contributed by atoms with van der Waals surface area (Å²) in [6, 6.07) is 10.2. The van der Waals surface area contributed by atoms with Crippen LogP contribution >= 0.6 is 11.3 Å². The van der Waals surface area contributed by atoms with E-state index in [4.69, 9.17) is 14.7 Å². The molecule has 10 heteroatoms. The van der Waals surface area contributed by atoms with Crippen LogP contribution in [0.1, 0.15) is 44.0 Å². The van der Waals surface area contributed by atoms with Gasteiger partial charge in [-0.2, -0.15) is 5.10 Å². The molecule has 0 aromatic carbocycles. The molecule has 200 valence electrons. The molecule has 1 aliphatic rings. The second kappa shape index (κ2) is 12.0. The molecule has 4 aromatic heterocycles. The van der Waals surface area contributed by atoms with Crippen LogP contribution < -0.4 is 10.6 Å². The van der Waals surface area contributed by atoms with Crippen LogP contribution in [0.2, 0.25) is 0 Å². The molecule has 5 rings (SSSR count). The predicted molar refractivity (Wildman–Crippen MR) is 152 cm³/mol. The minimum Gasteiger partial charge on any atom is -0.381 e. The summed E-state index contributed by atoms with van der Waals surface area (Å²) in [6.45, 7) is 10.3. The number of nitrogens with one attached hydrogen (secondary N) is 2. The quantitative estimate of drug-likeness (QED) is 0.308. The van der Waals surface area contributed by atoms with E-state index in [2.05, 4.69) is 47.5 Å². The van der Waals surface area contributed by atoms with E-state index in [1.807, 2.05) is 35.8 Å². The number of hydrogen-bond acceptors (Lipinski definition) is 8. The molecule has 0 bridgehead atoms. The number of fused-ring (bicyclic) bond motifs is 1. The normalized spacial score (nSPS) is 15.2. The molecule has 5 heterocycles. The van der Waals surface area contributed by atoms with Gasteiger partial charge in [0.05, 0.1) is 28.0 Å². The highest BCUT2D eigenvalue weighted by Gasteiger charge is 2.20. The number of likely N-dealkylation sites (N-methyl/N-ethyl adjacent to an activating group) is 1. The van der Waals surface area contributed by atoms with Crippen molar-refractivity contribution in [2.24, 2.45) is 0 Å². The van der Waals surface area contributed by atoms with Crippen LogP contribution in [-0.4, -0.2) is 75.3 Å². The number of pyridine rings is 1. The third kappa shape index (κ3) is 5.87. The zero-order chi connectivity index (χ0) is 26.5. The van der Waals surface area contributed by atoms with Gasteiger partial charge in [0.25, 0.3) is 5.91 Å². The van der Waals surface area contributed by atoms with Gasteiger partial charge in [0.2, 0.25) is 0 Å². The van der Waals surface area contributed by atoms with E-state index < -0.39 is 0 Å². The second-order valence-electron chi connectivity index (χ2n) is 9.55. The molecule has 2 N–H and O–H groups in total. The molecule has 0 saturated carbocycles. The van der Waals surface area contributed by atoms with E-state index in [-0.39, 0.29) is 18.0 Å². The highest BCUT2D eigenvalue weighted by molar-refractivity contribution is 7.13. The lowest BCUT2D eigenvalue weighted by Crippen LogP contribution is -2.42. The van der Waals surface area contributed by atoms with Gasteiger partial charge in [-0.15, -0.1) is 11.3 Å². The summed E-state index contributed by atoms with van der Waals surface area (Å²) in [7, 11) is 0. The molecule has 9 nitrogen and oxygen atoms in total. The molecule has 38 heavy (non-hydrogen) atoms. The summed E-state index contributed by atoms with van der Waals surface area (Å²) in [5.41, 5.74) is 3.59. The number of carbonyl (C=O) groups excluding carboxylic acids is 1. The largest absolute Gasteiger partial charge is 0.381 e. The average molecular weight is 534 g/mol. The van der Waals surface area contributed by atoms with Crippen LogP contribution in [-0.2, 0) is 4.74 Å². The summed E-state index contributed by atoms with van der Waals surface area (Å²) in [6.07, 6.45) is 5.48. The number of anilines is 1. The van der Waals surface area contributed by atoms with Crippen molar-refractivity contribution in [2.75, 3.05) is 38.2 Å². The monoisotopic (exact) mass is 533 g/mol. The van der Waals surface area contributed by atoms with Crippen molar-refractivity contribution >= 4 is 28.7 Å². The number of ether oxygens (including phenoxy) is 1. The Hall–Kier alpha value is -3.34. The maximum atomic E-state index is 13.3. The lowest BCUT2D eigenvalue weighted by atomic mass is 10.1. The number of nitrogens with zero attached hydrogens (tertiary/aromatic N) is 5. The Balaban J connectivity index is 1.48. The van der Waals surface area contributed by atoms with Gasteiger partial charge in [-0.05, 0) is 62.5 Å². The Bertz CT molecular complexity index is 1360. The van der Waals surface area contributed by atoms with Gasteiger partial charge in [-0.1, -0.05) is 19.9 Å². The standard InChI is InChI=1S/C28H35N7O2S/c1-4-34(5-2)19(3)17-29-28(36)20-15-24(32-26(16-20)31-21-9-12-37-13-10-21)22-18-30-35-11-8-23(33-27(22)35)25-7-6-14-38-25/h6-8,11,14-16,18-19,21H,4-5,9-10,12-13,17H2,1-3H3,(H,29,36)(H,31,32). The van der Waals surface area contributed by atoms with Gasteiger partial charge >= 0.3 is 0 Å². The Morgan fingerprint density at radius 3 is 2.74 bits per heavy atom. The number of carbonyl (C=O) groups is 1. The minimum atomic E-state index is -0.119.